The third-order valence-corrected chi connectivity index (χ3v) is 3.74. The molecule has 1 rings (SSSR count). The van der Waals surface area contributed by atoms with E-state index in [0.717, 1.165) is 12.1 Å². The number of carbonyl (C=O) groups excluding carboxylic acids is 1. The molecule has 1 N–H and O–H groups in total. The highest BCUT2D eigenvalue weighted by Gasteiger charge is 2.20. The first kappa shape index (κ1) is 19.9. The van der Waals surface area contributed by atoms with E-state index in [1.807, 2.05) is 26.8 Å². The number of nitrogens with one attached hydrogen (secondary N) is 1. The number of hydrogen-bond acceptors (Lipinski definition) is 3. The van der Waals surface area contributed by atoms with Crippen LogP contribution in [0.2, 0.25) is 0 Å². The van der Waals surface area contributed by atoms with Crippen molar-refractivity contribution in [3.05, 3.63) is 34.1 Å². The molecule has 0 aliphatic carbocycles. The minimum atomic E-state index is -0.488. The molecule has 1 unspecified atom stereocenters. The normalized spacial score (nSPS) is 12.8. The van der Waals surface area contributed by atoms with Crippen LogP contribution in [-0.2, 0) is 11.3 Å². The Morgan fingerprint density at radius 3 is 2.65 bits per heavy atom. The van der Waals surface area contributed by atoms with E-state index in [0.29, 0.717) is 17.6 Å². The Bertz CT molecular complexity index is 532. The Kier molecular flexibility index (Phi) is 7.48. The summed E-state index contributed by atoms with van der Waals surface area (Å²) >= 11 is 3.14. The lowest BCUT2D eigenvalue weighted by Gasteiger charge is -2.26. The molecule has 1 aromatic carbocycles. The topological polar surface area (TPSA) is 41.6 Å². The molecule has 0 saturated heterocycles. The van der Waals surface area contributed by atoms with Crippen LogP contribution < -0.4 is 5.32 Å². The van der Waals surface area contributed by atoms with Gasteiger partial charge in [0.05, 0.1) is 4.47 Å². The fourth-order valence-electron chi connectivity index (χ4n) is 2.06. The van der Waals surface area contributed by atoms with Gasteiger partial charge in [-0.15, -0.1) is 0 Å². The van der Waals surface area contributed by atoms with Gasteiger partial charge >= 0.3 is 6.09 Å². The summed E-state index contributed by atoms with van der Waals surface area (Å²) in [7, 11) is 1.73. The number of ether oxygens (including phenoxy) is 1. The Labute approximate surface area is 146 Å². The van der Waals surface area contributed by atoms with Gasteiger partial charge in [-0.1, -0.05) is 13.0 Å². The number of amides is 1. The molecule has 0 aliphatic rings. The van der Waals surface area contributed by atoms with E-state index >= 15 is 0 Å². The Balaban J connectivity index is 2.34. The Morgan fingerprint density at radius 1 is 1.43 bits per heavy atom. The van der Waals surface area contributed by atoms with Crippen LogP contribution in [0.3, 0.4) is 0 Å². The quantitative estimate of drug-likeness (QED) is 0.794. The van der Waals surface area contributed by atoms with Crippen molar-refractivity contribution in [2.75, 3.05) is 20.1 Å². The molecule has 4 nitrogen and oxygen atoms in total. The zero-order valence-electron chi connectivity index (χ0n) is 14.5. The largest absolute Gasteiger partial charge is 0.444 e. The molecule has 0 saturated carbocycles. The van der Waals surface area contributed by atoms with Crippen LogP contribution in [0.1, 0.15) is 33.3 Å². The van der Waals surface area contributed by atoms with Gasteiger partial charge in [-0.3, -0.25) is 0 Å². The van der Waals surface area contributed by atoms with Crippen LogP contribution in [0, 0.1) is 11.7 Å². The predicted octanol–water partition coefficient (Wildman–Crippen LogP) is 4.18. The lowest BCUT2D eigenvalue weighted by Crippen LogP contribution is -2.38. The molecule has 0 aromatic heterocycles. The molecule has 1 aromatic rings. The first-order valence-corrected chi connectivity index (χ1v) is 8.46. The van der Waals surface area contributed by atoms with Crippen LogP contribution in [0.15, 0.2) is 22.7 Å². The van der Waals surface area contributed by atoms with Crippen LogP contribution in [0.4, 0.5) is 9.18 Å². The lowest BCUT2D eigenvalue weighted by molar-refractivity contribution is 0.0277. The maximum Gasteiger partial charge on any atom is 0.410 e. The van der Waals surface area contributed by atoms with E-state index in [2.05, 4.69) is 28.2 Å². The highest BCUT2D eigenvalue weighted by Crippen LogP contribution is 2.16. The fraction of sp³-hybridized carbons (Fsp3) is 0.588. The number of carbonyl (C=O) groups is 1. The maximum atomic E-state index is 13.4. The Morgan fingerprint density at radius 2 is 2.09 bits per heavy atom. The third-order valence-electron chi connectivity index (χ3n) is 3.10. The molecule has 1 atom stereocenters. The maximum absolute atomic E-state index is 13.4. The fourth-order valence-corrected chi connectivity index (χ4v) is 2.31. The molecule has 6 heteroatoms. The average molecular weight is 389 g/mol. The second-order valence-electron chi connectivity index (χ2n) is 6.85. The highest BCUT2D eigenvalue weighted by atomic mass is 79.9. The third kappa shape index (κ3) is 7.79. The van der Waals surface area contributed by atoms with Crippen molar-refractivity contribution in [3.8, 4) is 0 Å². The zero-order valence-corrected chi connectivity index (χ0v) is 16.0. The SMILES string of the molecule is CC(CNCc1ccc(Br)c(F)c1)CN(C)C(=O)OC(C)(C)C. The molecular formula is C17H26BrFN2O2. The van der Waals surface area contributed by atoms with Crippen molar-refractivity contribution < 1.29 is 13.9 Å². The van der Waals surface area contributed by atoms with E-state index in [4.69, 9.17) is 4.74 Å². The summed E-state index contributed by atoms with van der Waals surface area (Å²) in [5.41, 5.74) is 0.400. The summed E-state index contributed by atoms with van der Waals surface area (Å²) in [5, 5.41) is 3.28. The van der Waals surface area contributed by atoms with Crippen molar-refractivity contribution in [2.45, 2.75) is 39.8 Å². The molecular weight excluding hydrogens is 363 g/mol. The summed E-state index contributed by atoms with van der Waals surface area (Å²) in [6.45, 7) is 9.51. The molecule has 0 bridgehead atoms. The van der Waals surface area contributed by atoms with Gasteiger partial charge < -0.3 is 15.0 Å². The van der Waals surface area contributed by atoms with Crippen molar-refractivity contribution in [2.24, 2.45) is 5.92 Å². The molecule has 0 heterocycles. The molecule has 130 valence electrons. The van der Waals surface area contributed by atoms with Gasteiger partial charge in [-0.25, -0.2) is 9.18 Å². The minimum absolute atomic E-state index is 0.257. The van der Waals surface area contributed by atoms with E-state index < -0.39 is 5.60 Å². The summed E-state index contributed by atoms with van der Waals surface area (Å²) in [4.78, 5) is 13.5. The zero-order chi connectivity index (χ0) is 17.6. The number of halogens is 2. The average Bonchev–Trinajstić information content (AvgIpc) is 2.40. The first-order chi connectivity index (χ1) is 10.6. The Hall–Kier alpha value is -1.14. The van der Waals surface area contributed by atoms with Gasteiger partial charge in [0.25, 0.3) is 0 Å². The highest BCUT2D eigenvalue weighted by molar-refractivity contribution is 9.10. The number of rotatable bonds is 6. The predicted molar refractivity (Wildman–Crippen MR) is 93.8 cm³/mol. The molecule has 0 fully saturated rings. The number of nitrogens with zero attached hydrogens (tertiary/aromatic N) is 1. The second-order valence-corrected chi connectivity index (χ2v) is 7.70. The van der Waals surface area contributed by atoms with Crippen molar-refractivity contribution >= 4 is 22.0 Å². The lowest BCUT2D eigenvalue weighted by atomic mass is 10.1. The van der Waals surface area contributed by atoms with Crippen LogP contribution >= 0.6 is 15.9 Å². The monoisotopic (exact) mass is 388 g/mol. The first-order valence-electron chi connectivity index (χ1n) is 7.67. The number of benzene rings is 1. The standard InChI is InChI=1S/C17H26BrFN2O2/c1-12(11-21(5)16(22)23-17(2,3)4)9-20-10-13-6-7-14(18)15(19)8-13/h6-8,12,20H,9-11H2,1-5H3. The van der Waals surface area contributed by atoms with Crippen molar-refractivity contribution in [3.63, 3.8) is 0 Å². The van der Waals surface area contributed by atoms with E-state index in [9.17, 15) is 9.18 Å². The molecule has 1 amide bonds. The summed E-state index contributed by atoms with van der Waals surface area (Å²) < 4.78 is 19.2. The van der Waals surface area contributed by atoms with E-state index in [-0.39, 0.29) is 17.8 Å². The van der Waals surface area contributed by atoms with E-state index in [1.165, 1.54) is 6.07 Å². The van der Waals surface area contributed by atoms with E-state index in [1.54, 1.807) is 18.0 Å². The van der Waals surface area contributed by atoms with Gasteiger partial charge in [0, 0.05) is 20.1 Å². The number of hydrogen-bond donors (Lipinski definition) is 1. The molecule has 0 radical (unpaired) electrons. The van der Waals surface area contributed by atoms with Crippen LogP contribution in [-0.4, -0.2) is 36.7 Å². The molecule has 0 spiro atoms. The molecule has 23 heavy (non-hydrogen) atoms. The van der Waals surface area contributed by atoms with Crippen molar-refractivity contribution in [1.82, 2.24) is 10.2 Å². The smallest absolute Gasteiger partial charge is 0.410 e. The van der Waals surface area contributed by atoms with Crippen LogP contribution in [0.25, 0.3) is 0 Å². The van der Waals surface area contributed by atoms with Gasteiger partial charge in [0.2, 0.25) is 0 Å². The summed E-state index contributed by atoms with van der Waals surface area (Å²) in [5.74, 6) is -0.00480. The minimum Gasteiger partial charge on any atom is -0.444 e. The van der Waals surface area contributed by atoms with Gasteiger partial charge in [-0.2, -0.15) is 0 Å². The summed E-state index contributed by atoms with van der Waals surface area (Å²) in [6.07, 6.45) is -0.320. The van der Waals surface area contributed by atoms with Gasteiger partial charge in [-0.05, 0) is 66.9 Å². The molecule has 0 aliphatic heterocycles. The van der Waals surface area contributed by atoms with Crippen LogP contribution in [0.5, 0.6) is 0 Å². The van der Waals surface area contributed by atoms with Gasteiger partial charge in [0.15, 0.2) is 0 Å². The summed E-state index contributed by atoms with van der Waals surface area (Å²) in [6, 6.07) is 5.08. The second kappa shape index (κ2) is 8.64. The van der Waals surface area contributed by atoms with Gasteiger partial charge in [0.1, 0.15) is 11.4 Å². The van der Waals surface area contributed by atoms with Crippen molar-refractivity contribution in [1.29, 1.82) is 0 Å².